The normalized spacial score (nSPS) is 10.5. The van der Waals surface area contributed by atoms with Gasteiger partial charge in [-0.3, -0.25) is 0 Å². The van der Waals surface area contributed by atoms with Crippen LogP contribution in [0.25, 0.3) is 0 Å². The number of phosphoric acid groups is 1. The summed E-state index contributed by atoms with van der Waals surface area (Å²) in [6.07, 6.45) is -4.52. The van der Waals surface area contributed by atoms with Gasteiger partial charge >= 0.3 is 33.0 Å². The van der Waals surface area contributed by atoms with E-state index >= 15 is 0 Å². The van der Waals surface area contributed by atoms with Gasteiger partial charge in [0.1, 0.15) is 0 Å². The Morgan fingerprint density at radius 3 is 1.33 bits per heavy atom. The molecule has 0 aliphatic heterocycles. The molecule has 0 rings (SSSR count). The van der Waals surface area contributed by atoms with Crippen molar-refractivity contribution in [2.75, 3.05) is 0 Å². The maximum atomic E-state index is 10.5. The van der Waals surface area contributed by atoms with Crippen LogP contribution in [0.4, 0.5) is 13.2 Å². The molecular weight excluding hydrogens is 217 g/mol. The Morgan fingerprint density at radius 2 is 1.33 bits per heavy atom. The van der Waals surface area contributed by atoms with Crippen LogP contribution >= 0.6 is 7.82 Å². The van der Waals surface area contributed by atoms with Gasteiger partial charge < -0.3 is 14.7 Å². The molecule has 0 aromatic rings. The third-order valence-corrected chi connectivity index (χ3v) is 0.311. The zero-order chi connectivity index (χ0) is 9.71. The number of halogens is 3. The van der Waals surface area contributed by atoms with Gasteiger partial charge in [0.05, 0.1) is 0 Å². The van der Waals surface area contributed by atoms with E-state index in [2.05, 4.69) is 12.4 Å². The molecule has 0 radical (unpaired) electrons. The molecule has 0 spiro atoms. The topological polar surface area (TPSA) is 90.1 Å². The van der Waals surface area contributed by atoms with E-state index in [4.69, 9.17) is 19.2 Å². The summed E-state index contributed by atoms with van der Waals surface area (Å²) >= 11 is 3.29. The van der Waals surface area contributed by atoms with E-state index in [-0.39, 0.29) is 18.9 Å². The van der Waals surface area contributed by atoms with Crippen molar-refractivity contribution in [3.63, 3.8) is 0 Å². The summed E-state index contributed by atoms with van der Waals surface area (Å²) in [6, 6.07) is 0. The first kappa shape index (κ1) is 18.3. The van der Waals surface area contributed by atoms with Gasteiger partial charge in [0.2, 0.25) is 0 Å². The standard InChI is InChI=1S/CF3NS.Li.H3O4P.H/c2-1(3,4)5-6;;1-5(2,3)4;/h;;(H3,1,2,3,4);. The molecule has 0 bridgehead atoms. The summed E-state index contributed by atoms with van der Waals surface area (Å²) in [7, 11) is -4.64. The van der Waals surface area contributed by atoms with Crippen molar-refractivity contribution < 1.29 is 32.4 Å². The van der Waals surface area contributed by atoms with Crippen LogP contribution in [0.3, 0.4) is 0 Å². The second-order valence-corrected chi connectivity index (χ2v) is 2.28. The first-order valence-electron chi connectivity index (χ1n) is 1.76. The second kappa shape index (κ2) is 6.97. The number of hydrogen-bond acceptors (Lipinski definition) is 3. The molecule has 0 saturated heterocycles. The fourth-order valence-electron chi connectivity index (χ4n) is 0. The molecule has 0 amide bonds. The Morgan fingerprint density at radius 1 is 1.25 bits per heavy atom. The second-order valence-electron chi connectivity index (χ2n) is 1.07. The quantitative estimate of drug-likeness (QED) is 0.295. The molecule has 0 aliphatic rings. The maximum absolute atomic E-state index is 10.5. The molecule has 0 aromatic heterocycles. The fourth-order valence-corrected chi connectivity index (χ4v) is 0. The third-order valence-electron chi connectivity index (χ3n) is 0.104. The average molecular weight is 221 g/mol. The summed E-state index contributed by atoms with van der Waals surface area (Å²) in [4.78, 5) is 21.6. The predicted octanol–water partition coefficient (Wildman–Crippen LogP) is -0.340. The van der Waals surface area contributed by atoms with E-state index in [0.29, 0.717) is 0 Å². The third kappa shape index (κ3) is 77.0. The van der Waals surface area contributed by atoms with Crippen LogP contribution in [0.1, 0.15) is 0 Å². The van der Waals surface area contributed by atoms with Gasteiger partial charge in [0, 0.05) is 12.4 Å². The van der Waals surface area contributed by atoms with E-state index in [1.165, 1.54) is 0 Å². The van der Waals surface area contributed by atoms with Crippen molar-refractivity contribution in [2.45, 2.75) is 6.30 Å². The summed E-state index contributed by atoms with van der Waals surface area (Å²) in [5, 5.41) is 0. The van der Waals surface area contributed by atoms with Gasteiger partial charge in [0.15, 0.2) is 0 Å². The van der Waals surface area contributed by atoms with Crippen LogP contribution in [0, 0.1) is 0 Å². The summed E-state index contributed by atoms with van der Waals surface area (Å²) in [6.45, 7) is 0. The van der Waals surface area contributed by atoms with Crippen LogP contribution < -0.4 is 0 Å². The molecular formula is CH4F3LiNO4PS. The van der Waals surface area contributed by atoms with Crippen molar-refractivity contribution in [2.24, 2.45) is 4.36 Å². The Hall–Kier alpha value is 0.517. The van der Waals surface area contributed by atoms with Crippen molar-refractivity contribution in [1.82, 2.24) is 0 Å². The van der Waals surface area contributed by atoms with Gasteiger partial charge in [-0.1, -0.05) is 0 Å². The van der Waals surface area contributed by atoms with Gasteiger partial charge in [-0.15, -0.1) is 17.5 Å². The van der Waals surface area contributed by atoms with Crippen LogP contribution in [-0.2, 0) is 17.0 Å². The minimum atomic E-state index is -4.64. The molecule has 0 atom stereocenters. The number of hydrogen-bond donors (Lipinski definition) is 3. The Bertz CT molecular complexity index is 160. The van der Waals surface area contributed by atoms with Gasteiger partial charge in [0.25, 0.3) is 0 Å². The summed E-state index contributed by atoms with van der Waals surface area (Å²) in [5.41, 5.74) is 0. The number of nitrogens with zero attached hydrogens (tertiary/aromatic N) is 1. The SMILES string of the molecule is FC(F)(F)N=S.O=P(O)(O)O.[LiH]. The molecule has 0 aromatic carbocycles. The molecule has 12 heavy (non-hydrogen) atoms. The van der Waals surface area contributed by atoms with Gasteiger partial charge in [-0.25, -0.2) is 4.57 Å². The zero-order valence-corrected chi connectivity index (χ0v) is 6.40. The molecule has 70 valence electrons. The first-order chi connectivity index (χ1) is 4.56. The van der Waals surface area contributed by atoms with E-state index in [1.54, 1.807) is 4.36 Å². The molecule has 0 aliphatic carbocycles. The van der Waals surface area contributed by atoms with Crippen molar-refractivity contribution in [3.8, 4) is 0 Å². The molecule has 0 unspecified atom stereocenters. The summed E-state index contributed by atoms with van der Waals surface area (Å²) < 4.78 is 42.0. The van der Waals surface area contributed by atoms with Crippen LogP contribution in [0.15, 0.2) is 4.36 Å². The monoisotopic (exact) mass is 221 g/mol. The van der Waals surface area contributed by atoms with Crippen LogP contribution in [0.5, 0.6) is 0 Å². The predicted molar refractivity (Wildman–Crippen MR) is 37.3 cm³/mol. The molecule has 3 N–H and O–H groups in total. The molecule has 0 heterocycles. The number of alkyl halides is 3. The van der Waals surface area contributed by atoms with E-state index < -0.39 is 14.1 Å². The van der Waals surface area contributed by atoms with Crippen molar-refractivity contribution in [1.29, 1.82) is 0 Å². The molecule has 0 fully saturated rings. The molecule has 11 heteroatoms. The van der Waals surface area contributed by atoms with Crippen LogP contribution in [-0.4, -0.2) is 39.8 Å². The number of rotatable bonds is 0. The van der Waals surface area contributed by atoms with E-state index in [9.17, 15) is 13.2 Å². The van der Waals surface area contributed by atoms with Crippen LogP contribution in [0.2, 0.25) is 0 Å². The van der Waals surface area contributed by atoms with E-state index in [0.717, 1.165) is 0 Å². The summed E-state index contributed by atoms with van der Waals surface area (Å²) in [5.74, 6) is 0. The molecule has 0 saturated carbocycles. The Kier molecular flexibility index (Phi) is 10.7. The molecule has 5 nitrogen and oxygen atoms in total. The van der Waals surface area contributed by atoms with E-state index in [1.807, 2.05) is 0 Å². The van der Waals surface area contributed by atoms with Crippen molar-refractivity contribution in [3.05, 3.63) is 0 Å². The Labute approximate surface area is 82.6 Å². The van der Waals surface area contributed by atoms with Gasteiger partial charge in [-0.2, -0.15) is 0 Å². The minimum absolute atomic E-state index is 0. The fraction of sp³-hybridized carbons (Fsp3) is 1.00. The first-order valence-corrected chi connectivity index (χ1v) is 3.69. The Balaban J connectivity index is -0.000000126. The van der Waals surface area contributed by atoms with Gasteiger partial charge in [-0.05, 0) is 0 Å². The average Bonchev–Trinajstić information content (AvgIpc) is 1.59. The van der Waals surface area contributed by atoms with Crippen molar-refractivity contribution >= 4 is 39.1 Å². The zero-order valence-electron chi connectivity index (χ0n) is 4.69.